The highest BCUT2D eigenvalue weighted by Gasteiger charge is 2.22. The van der Waals surface area contributed by atoms with E-state index in [2.05, 4.69) is 23.3 Å². The predicted octanol–water partition coefficient (Wildman–Crippen LogP) is 3.71. The number of rotatable bonds is 6. The van der Waals surface area contributed by atoms with Gasteiger partial charge >= 0.3 is 0 Å². The minimum atomic E-state index is 0.372. The molecule has 0 radical (unpaired) electrons. The topological polar surface area (TPSA) is 34.2 Å². The van der Waals surface area contributed by atoms with Crippen molar-refractivity contribution in [3.63, 3.8) is 0 Å². The van der Waals surface area contributed by atoms with Gasteiger partial charge in [-0.2, -0.15) is 0 Å². The normalized spacial score (nSPS) is 18.2. The Kier molecular flexibility index (Phi) is 5.64. The summed E-state index contributed by atoms with van der Waals surface area (Å²) in [6.07, 6.45) is 9.97. The predicted molar refractivity (Wildman–Crippen MR) is 78.4 cm³/mol. The van der Waals surface area contributed by atoms with Crippen molar-refractivity contribution in [3.8, 4) is 5.88 Å². The third kappa shape index (κ3) is 3.93. The molecule has 0 bridgehead atoms. The summed E-state index contributed by atoms with van der Waals surface area (Å²) >= 11 is 0. The quantitative estimate of drug-likeness (QED) is 0.848. The number of ether oxygens (including phenoxy) is 1. The molecular weight excluding hydrogens is 236 g/mol. The lowest BCUT2D eigenvalue weighted by atomic mass is 9.83. The van der Waals surface area contributed by atoms with Gasteiger partial charge in [0.2, 0.25) is 5.88 Å². The first kappa shape index (κ1) is 14.3. The zero-order valence-corrected chi connectivity index (χ0v) is 12.2. The van der Waals surface area contributed by atoms with E-state index < -0.39 is 0 Å². The molecule has 0 spiro atoms. The highest BCUT2D eigenvalue weighted by atomic mass is 16.5. The number of nitrogens with one attached hydrogen (secondary N) is 1. The summed E-state index contributed by atoms with van der Waals surface area (Å²) in [5.74, 6) is 1.62. The molecule has 1 unspecified atom stereocenters. The van der Waals surface area contributed by atoms with Gasteiger partial charge in [-0.1, -0.05) is 45.1 Å². The summed E-state index contributed by atoms with van der Waals surface area (Å²) < 4.78 is 5.41. The second-order valence-corrected chi connectivity index (χ2v) is 5.45. The summed E-state index contributed by atoms with van der Waals surface area (Å²) in [5.41, 5.74) is 1.21. The molecule has 1 saturated carbocycles. The molecule has 3 nitrogen and oxygen atoms in total. The van der Waals surface area contributed by atoms with Crippen molar-refractivity contribution in [2.24, 2.45) is 5.92 Å². The van der Waals surface area contributed by atoms with Gasteiger partial charge in [0.05, 0.1) is 7.11 Å². The highest BCUT2D eigenvalue weighted by molar-refractivity contribution is 5.29. The molecule has 106 valence electrons. The standard InChI is InChI=1S/C16H26N2O/c1-3-17-15(12-13-8-5-4-6-9-13)14-10-7-11-18-16(14)19-2/h7,10-11,13,15,17H,3-6,8-9,12H2,1-2H3. The molecule has 0 aliphatic heterocycles. The van der Waals surface area contributed by atoms with E-state index in [-0.39, 0.29) is 0 Å². The van der Waals surface area contributed by atoms with E-state index in [1.165, 1.54) is 44.1 Å². The fraction of sp³-hybridized carbons (Fsp3) is 0.688. The van der Waals surface area contributed by atoms with Crippen molar-refractivity contribution in [2.75, 3.05) is 13.7 Å². The average Bonchev–Trinajstić information content (AvgIpc) is 2.48. The Morgan fingerprint density at radius 2 is 2.16 bits per heavy atom. The lowest BCUT2D eigenvalue weighted by Gasteiger charge is -2.27. The molecule has 3 heteroatoms. The first-order valence-corrected chi connectivity index (χ1v) is 7.57. The zero-order chi connectivity index (χ0) is 13.5. The van der Waals surface area contributed by atoms with Crippen LogP contribution in [-0.2, 0) is 0 Å². The number of nitrogens with zero attached hydrogens (tertiary/aromatic N) is 1. The Balaban J connectivity index is 2.09. The van der Waals surface area contributed by atoms with Gasteiger partial charge in [-0.15, -0.1) is 0 Å². The van der Waals surface area contributed by atoms with Crippen molar-refractivity contribution < 1.29 is 4.74 Å². The summed E-state index contributed by atoms with van der Waals surface area (Å²) in [4.78, 5) is 4.33. The molecule has 19 heavy (non-hydrogen) atoms. The smallest absolute Gasteiger partial charge is 0.217 e. The second kappa shape index (κ2) is 7.49. The van der Waals surface area contributed by atoms with Crippen molar-refractivity contribution >= 4 is 0 Å². The van der Waals surface area contributed by atoms with Gasteiger partial charge in [0, 0.05) is 17.8 Å². The van der Waals surface area contributed by atoms with Crippen molar-refractivity contribution in [1.82, 2.24) is 10.3 Å². The Hall–Kier alpha value is -1.09. The molecule has 1 heterocycles. The summed E-state index contributed by atoms with van der Waals surface area (Å²) in [6.45, 7) is 3.14. The number of methoxy groups -OCH3 is 1. The van der Waals surface area contributed by atoms with E-state index >= 15 is 0 Å². The monoisotopic (exact) mass is 262 g/mol. The Labute approximate surface area is 116 Å². The van der Waals surface area contributed by atoms with Crippen molar-refractivity contribution in [1.29, 1.82) is 0 Å². The summed E-state index contributed by atoms with van der Waals surface area (Å²) in [6, 6.07) is 4.52. The van der Waals surface area contributed by atoms with Gasteiger partial charge in [0.15, 0.2) is 0 Å². The number of hydrogen-bond acceptors (Lipinski definition) is 3. The molecule has 1 aliphatic rings. The van der Waals surface area contributed by atoms with Gasteiger partial charge in [-0.05, 0) is 24.9 Å². The molecule has 1 aromatic heterocycles. The Bertz CT molecular complexity index is 375. The number of hydrogen-bond donors (Lipinski definition) is 1. The van der Waals surface area contributed by atoms with Crippen LogP contribution in [0.4, 0.5) is 0 Å². The lowest BCUT2D eigenvalue weighted by molar-refractivity contribution is 0.295. The third-order valence-electron chi connectivity index (χ3n) is 4.11. The van der Waals surface area contributed by atoms with Crippen LogP contribution in [0.3, 0.4) is 0 Å². The second-order valence-electron chi connectivity index (χ2n) is 5.45. The largest absolute Gasteiger partial charge is 0.481 e. The first-order valence-electron chi connectivity index (χ1n) is 7.57. The molecule has 1 aromatic rings. The minimum absolute atomic E-state index is 0.372. The Morgan fingerprint density at radius 1 is 1.37 bits per heavy atom. The lowest BCUT2D eigenvalue weighted by Crippen LogP contribution is -2.25. The van der Waals surface area contributed by atoms with E-state index in [0.717, 1.165) is 18.3 Å². The van der Waals surface area contributed by atoms with E-state index in [9.17, 15) is 0 Å². The van der Waals surface area contributed by atoms with Crippen LogP contribution < -0.4 is 10.1 Å². The van der Waals surface area contributed by atoms with Gasteiger partial charge in [0.25, 0.3) is 0 Å². The van der Waals surface area contributed by atoms with Gasteiger partial charge in [0.1, 0.15) is 0 Å². The van der Waals surface area contributed by atoms with E-state index in [4.69, 9.17) is 4.74 Å². The van der Waals surface area contributed by atoms with Gasteiger partial charge < -0.3 is 10.1 Å². The van der Waals surface area contributed by atoms with E-state index in [1.54, 1.807) is 13.3 Å². The Morgan fingerprint density at radius 3 is 2.84 bits per heavy atom. The zero-order valence-electron chi connectivity index (χ0n) is 12.2. The van der Waals surface area contributed by atoms with E-state index in [1.807, 2.05) is 6.07 Å². The maximum Gasteiger partial charge on any atom is 0.217 e. The molecular formula is C16H26N2O. The van der Waals surface area contributed by atoms with Crippen LogP contribution in [0, 0.1) is 5.92 Å². The average molecular weight is 262 g/mol. The molecule has 0 aromatic carbocycles. The van der Waals surface area contributed by atoms with Crippen LogP contribution in [-0.4, -0.2) is 18.6 Å². The van der Waals surface area contributed by atoms with E-state index in [0.29, 0.717) is 6.04 Å². The molecule has 2 rings (SSSR count). The maximum atomic E-state index is 5.41. The minimum Gasteiger partial charge on any atom is -0.481 e. The van der Waals surface area contributed by atoms with Crippen molar-refractivity contribution in [2.45, 2.75) is 51.5 Å². The number of pyridine rings is 1. The van der Waals surface area contributed by atoms with Crippen LogP contribution in [0.1, 0.15) is 57.1 Å². The molecule has 1 fully saturated rings. The van der Waals surface area contributed by atoms with Crippen LogP contribution >= 0.6 is 0 Å². The first-order chi connectivity index (χ1) is 9.35. The fourth-order valence-electron chi connectivity index (χ4n) is 3.16. The summed E-state index contributed by atoms with van der Waals surface area (Å²) in [5, 5.41) is 3.60. The molecule has 1 atom stereocenters. The maximum absolute atomic E-state index is 5.41. The third-order valence-corrected chi connectivity index (χ3v) is 4.11. The van der Waals surface area contributed by atoms with Crippen molar-refractivity contribution in [3.05, 3.63) is 23.9 Å². The molecule has 1 aliphatic carbocycles. The van der Waals surface area contributed by atoms with Crippen LogP contribution in [0.5, 0.6) is 5.88 Å². The molecule has 1 N–H and O–H groups in total. The van der Waals surface area contributed by atoms with Crippen LogP contribution in [0.2, 0.25) is 0 Å². The number of aromatic nitrogens is 1. The molecule has 0 amide bonds. The fourth-order valence-corrected chi connectivity index (χ4v) is 3.16. The van der Waals surface area contributed by atoms with Gasteiger partial charge in [-0.3, -0.25) is 0 Å². The van der Waals surface area contributed by atoms with Gasteiger partial charge in [-0.25, -0.2) is 4.98 Å². The highest BCUT2D eigenvalue weighted by Crippen LogP contribution is 2.34. The molecule has 0 saturated heterocycles. The van der Waals surface area contributed by atoms with Crippen LogP contribution in [0.25, 0.3) is 0 Å². The van der Waals surface area contributed by atoms with Crippen LogP contribution in [0.15, 0.2) is 18.3 Å². The SMILES string of the molecule is CCNC(CC1CCCCC1)c1cccnc1OC. The summed E-state index contributed by atoms with van der Waals surface area (Å²) in [7, 11) is 1.70.